The zero-order valence-electron chi connectivity index (χ0n) is 8.40. The van der Waals surface area contributed by atoms with Crippen molar-refractivity contribution in [3.05, 3.63) is 23.8 Å². The second-order valence-corrected chi connectivity index (χ2v) is 19.5. The third-order valence-corrected chi connectivity index (χ3v) is 9.07. The number of carboxylic acids is 1. The number of hydrogen-bond acceptors (Lipinski definition) is 3. The standard InChI is InChI=1S/C9H9Cl3GeO4/c10-13(11,12)6(4-9(16)17)5-1-2-7(14)8(15)3-5/h1-3,6,14-15H,4H2,(H,16,17). The maximum absolute atomic E-state index is 10.7. The van der Waals surface area contributed by atoms with Crippen molar-refractivity contribution < 1.29 is 20.1 Å². The summed E-state index contributed by atoms with van der Waals surface area (Å²) in [4.78, 5) is 10.7. The molecule has 0 spiro atoms. The molecule has 0 saturated carbocycles. The van der Waals surface area contributed by atoms with E-state index in [0.29, 0.717) is 5.56 Å². The summed E-state index contributed by atoms with van der Waals surface area (Å²) in [6, 6.07) is 3.89. The maximum atomic E-state index is 10.7. The zero-order valence-corrected chi connectivity index (χ0v) is 12.8. The minimum atomic E-state index is -3.80. The summed E-state index contributed by atoms with van der Waals surface area (Å²) in [7, 11) is 13.8. The third-order valence-electron chi connectivity index (χ3n) is 2.18. The summed E-state index contributed by atoms with van der Waals surface area (Å²) in [6.45, 7) is 0. The van der Waals surface area contributed by atoms with Crippen LogP contribution in [0.4, 0.5) is 0 Å². The second-order valence-electron chi connectivity index (χ2n) is 3.44. The van der Waals surface area contributed by atoms with Crippen LogP contribution in [0, 0.1) is 0 Å². The van der Waals surface area contributed by atoms with Crippen molar-refractivity contribution in [3.63, 3.8) is 0 Å². The van der Waals surface area contributed by atoms with Gasteiger partial charge in [-0.15, -0.1) is 0 Å². The molecule has 0 saturated heterocycles. The molecule has 17 heavy (non-hydrogen) atoms. The van der Waals surface area contributed by atoms with Crippen LogP contribution in [0.15, 0.2) is 18.2 Å². The van der Waals surface area contributed by atoms with Gasteiger partial charge in [0.15, 0.2) is 0 Å². The Hall–Kier alpha value is -0.297. The van der Waals surface area contributed by atoms with Gasteiger partial charge in [0.25, 0.3) is 0 Å². The summed E-state index contributed by atoms with van der Waals surface area (Å²) in [5.74, 6) is -1.76. The van der Waals surface area contributed by atoms with Gasteiger partial charge < -0.3 is 0 Å². The Labute approximate surface area is 113 Å². The molecule has 1 aromatic carbocycles. The number of rotatable bonds is 4. The topological polar surface area (TPSA) is 77.8 Å². The van der Waals surface area contributed by atoms with Crippen LogP contribution in [-0.4, -0.2) is 31.8 Å². The molecule has 0 aliphatic carbocycles. The van der Waals surface area contributed by atoms with Crippen molar-refractivity contribution in [1.82, 2.24) is 0 Å². The quantitative estimate of drug-likeness (QED) is 0.570. The fourth-order valence-corrected chi connectivity index (χ4v) is 6.54. The molecule has 0 amide bonds. The molecular formula is C9H9Cl3GeO4. The van der Waals surface area contributed by atoms with E-state index in [2.05, 4.69) is 0 Å². The van der Waals surface area contributed by atoms with Gasteiger partial charge in [-0.05, 0) is 0 Å². The number of aliphatic carboxylic acids is 1. The molecule has 1 aromatic rings. The molecule has 0 bridgehead atoms. The van der Waals surface area contributed by atoms with Crippen LogP contribution in [0.3, 0.4) is 0 Å². The van der Waals surface area contributed by atoms with Gasteiger partial charge in [-0.3, -0.25) is 0 Å². The van der Waals surface area contributed by atoms with E-state index in [1.807, 2.05) is 0 Å². The van der Waals surface area contributed by atoms with Crippen molar-refractivity contribution >= 4 is 46.5 Å². The molecular weight excluding hydrogens is 351 g/mol. The van der Waals surface area contributed by atoms with Crippen molar-refractivity contribution in [1.29, 1.82) is 0 Å². The van der Waals surface area contributed by atoms with Crippen LogP contribution >= 0.6 is 30.0 Å². The van der Waals surface area contributed by atoms with Crippen LogP contribution in [0.2, 0.25) is 0 Å². The number of halogens is 3. The van der Waals surface area contributed by atoms with Gasteiger partial charge in [0.05, 0.1) is 0 Å². The number of phenols is 2. The molecule has 1 atom stereocenters. The van der Waals surface area contributed by atoms with Gasteiger partial charge >= 0.3 is 113 Å². The Morgan fingerprint density at radius 3 is 2.24 bits per heavy atom. The minimum absolute atomic E-state index is 0.306. The number of benzene rings is 1. The molecule has 1 unspecified atom stereocenters. The molecule has 0 radical (unpaired) electrons. The average Bonchev–Trinajstić information content (AvgIpc) is 2.17. The monoisotopic (exact) mass is 360 g/mol. The van der Waals surface area contributed by atoms with Gasteiger partial charge in [0, 0.05) is 0 Å². The predicted octanol–water partition coefficient (Wildman–Crippen LogP) is 2.85. The third kappa shape index (κ3) is 4.14. The summed E-state index contributed by atoms with van der Waals surface area (Å²) in [6.07, 6.45) is -0.319. The predicted molar refractivity (Wildman–Crippen MR) is 68.1 cm³/mol. The first-order valence-electron chi connectivity index (χ1n) is 4.52. The number of aromatic hydroxyl groups is 2. The van der Waals surface area contributed by atoms with Crippen LogP contribution in [0.5, 0.6) is 11.5 Å². The van der Waals surface area contributed by atoms with Crippen molar-refractivity contribution in [2.24, 2.45) is 0 Å². The van der Waals surface area contributed by atoms with Gasteiger partial charge in [-0.1, -0.05) is 0 Å². The molecule has 0 fully saturated rings. The van der Waals surface area contributed by atoms with Gasteiger partial charge in [-0.2, -0.15) is 0 Å². The van der Waals surface area contributed by atoms with Gasteiger partial charge in [-0.25, -0.2) is 0 Å². The summed E-state index contributed by atoms with van der Waals surface area (Å²) < 4.78 is -0.732. The van der Waals surface area contributed by atoms with Crippen LogP contribution in [0.25, 0.3) is 0 Å². The summed E-state index contributed by atoms with van der Waals surface area (Å²) in [5.41, 5.74) is 0.405. The van der Waals surface area contributed by atoms with Crippen molar-refractivity contribution in [2.45, 2.75) is 11.2 Å². The second kappa shape index (κ2) is 5.56. The van der Waals surface area contributed by atoms with E-state index in [9.17, 15) is 9.90 Å². The molecule has 0 aliphatic rings. The molecule has 1 rings (SSSR count). The van der Waals surface area contributed by atoms with Crippen molar-refractivity contribution in [2.75, 3.05) is 0 Å². The number of phenolic OH excluding ortho intramolecular Hbond substituents is 2. The zero-order chi connectivity index (χ0) is 13.2. The fraction of sp³-hybridized carbons (Fsp3) is 0.222. The van der Waals surface area contributed by atoms with E-state index in [1.165, 1.54) is 18.2 Å². The molecule has 0 aromatic heterocycles. The first-order valence-corrected chi connectivity index (χ1v) is 14.0. The Balaban J connectivity index is 3.13. The molecule has 94 valence electrons. The van der Waals surface area contributed by atoms with Gasteiger partial charge in [0.1, 0.15) is 0 Å². The van der Waals surface area contributed by atoms with E-state index in [4.69, 9.17) is 40.2 Å². The molecule has 0 heterocycles. The first-order chi connectivity index (χ1) is 7.71. The molecule has 3 N–H and O–H groups in total. The van der Waals surface area contributed by atoms with Crippen LogP contribution in [-0.2, 0) is 4.79 Å². The van der Waals surface area contributed by atoms with E-state index >= 15 is 0 Å². The number of carboxylic acid groups (broad SMARTS) is 1. The number of carbonyl (C=O) groups is 1. The van der Waals surface area contributed by atoms with Gasteiger partial charge in [0.2, 0.25) is 0 Å². The number of hydrogen-bond donors (Lipinski definition) is 3. The summed E-state index contributed by atoms with van der Waals surface area (Å²) >= 11 is 0. The normalized spacial score (nSPS) is 13.4. The first kappa shape index (κ1) is 14.8. The van der Waals surface area contributed by atoms with Crippen LogP contribution in [0.1, 0.15) is 16.7 Å². The Kier molecular flexibility index (Phi) is 4.83. The average molecular weight is 360 g/mol. The molecule has 8 heteroatoms. The van der Waals surface area contributed by atoms with E-state index < -0.39 is 21.2 Å². The van der Waals surface area contributed by atoms with E-state index in [-0.39, 0.29) is 17.9 Å². The molecule has 4 nitrogen and oxygen atoms in total. The SMILES string of the molecule is O=C(O)C[CH](c1ccc(O)c(O)c1)[Ge]([Cl])([Cl])[Cl]. The Bertz CT molecular complexity index is 433. The van der Waals surface area contributed by atoms with Crippen molar-refractivity contribution in [3.8, 4) is 11.5 Å². The Morgan fingerprint density at radius 1 is 1.24 bits per heavy atom. The van der Waals surface area contributed by atoms with Crippen LogP contribution < -0.4 is 0 Å². The summed E-state index contributed by atoms with van der Waals surface area (Å²) in [5, 5.41) is 27.3. The Morgan fingerprint density at radius 2 is 1.82 bits per heavy atom. The fourth-order valence-electron chi connectivity index (χ4n) is 1.35. The van der Waals surface area contributed by atoms with E-state index in [1.54, 1.807) is 0 Å². The molecule has 0 aliphatic heterocycles. The van der Waals surface area contributed by atoms with E-state index in [0.717, 1.165) is 0 Å².